The number of nitro benzene ring substituents is 1. The summed E-state index contributed by atoms with van der Waals surface area (Å²) < 4.78 is 25.6. The second-order valence-electron chi connectivity index (χ2n) is 3.56. The molecule has 104 valence electrons. The molecule has 0 saturated carbocycles. The molecule has 1 amide bonds. The van der Waals surface area contributed by atoms with Gasteiger partial charge in [0.25, 0.3) is 21.6 Å². The molecule has 0 radical (unpaired) electrons. The molecule has 20 heavy (non-hydrogen) atoms. The minimum atomic E-state index is -4.09. The summed E-state index contributed by atoms with van der Waals surface area (Å²) in [7, 11) is -4.09. The molecule has 0 spiro atoms. The summed E-state index contributed by atoms with van der Waals surface area (Å²) in [6.07, 6.45) is 0. The van der Waals surface area contributed by atoms with E-state index in [-0.39, 0.29) is 16.3 Å². The number of aromatic nitrogens is 1. The van der Waals surface area contributed by atoms with Gasteiger partial charge in [0.15, 0.2) is 0 Å². The number of carbonyl (C=O) groups is 1. The molecule has 8 nitrogen and oxygen atoms in total. The third-order valence-corrected chi connectivity index (χ3v) is 4.18. The Morgan fingerprint density at radius 2 is 1.95 bits per heavy atom. The monoisotopic (exact) mass is 313 g/mol. The summed E-state index contributed by atoms with van der Waals surface area (Å²) in [5.74, 6) is -0.857. The first-order chi connectivity index (χ1) is 9.40. The fourth-order valence-corrected chi connectivity index (χ4v) is 2.80. The molecule has 0 aliphatic carbocycles. The number of thiazole rings is 1. The zero-order valence-corrected chi connectivity index (χ0v) is 11.3. The van der Waals surface area contributed by atoms with Crippen molar-refractivity contribution in [2.24, 2.45) is 0 Å². The van der Waals surface area contributed by atoms with E-state index in [1.165, 1.54) is 10.9 Å². The predicted molar refractivity (Wildman–Crippen MR) is 69.9 cm³/mol. The summed E-state index contributed by atoms with van der Waals surface area (Å²) in [4.78, 5) is 24.9. The Bertz CT molecular complexity index is 738. The van der Waals surface area contributed by atoms with Gasteiger partial charge < -0.3 is 0 Å². The number of carbonyl (C=O) groups excluding carboxylic acids is 1. The van der Waals surface area contributed by atoms with Crippen LogP contribution in [0.3, 0.4) is 0 Å². The van der Waals surface area contributed by atoms with Gasteiger partial charge in [0.05, 0.1) is 15.3 Å². The lowest BCUT2D eigenvalue weighted by Crippen LogP contribution is -2.30. The maximum Gasteiger partial charge on any atom is 0.284 e. The zero-order chi connectivity index (χ0) is 14.8. The van der Waals surface area contributed by atoms with Crippen LogP contribution in [-0.4, -0.2) is 24.2 Å². The maximum atomic E-state index is 11.9. The highest BCUT2D eigenvalue weighted by molar-refractivity contribution is 7.90. The molecule has 2 rings (SSSR count). The smallest absolute Gasteiger partial charge is 0.266 e. The number of nitrogens with one attached hydrogen (secondary N) is 1. The van der Waals surface area contributed by atoms with Gasteiger partial charge in [0, 0.05) is 17.5 Å². The third-order valence-electron chi connectivity index (χ3n) is 2.25. The number of nitro groups is 1. The summed E-state index contributed by atoms with van der Waals surface area (Å²) in [5, 5.41) is 11.9. The van der Waals surface area contributed by atoms with E-state index in [1.54, 1.807) is 0 Å². The van der Waals surface area contributed by atoms with Crippen molar-refractivity contribution in [3.63, 3.8) is 0 Å². The highest BCUT2D eigenvalue weighted by Gasteiger charge is 2.20. The standard InChI is InChI=1S/C10H7N3O5S2/c14-10(9-5-19-6-11-9)12-20(17,18)8-3-1-7(2-4-8)13(15)16/h1-6H,(H,12,14). The minimum absolute atomic E-state index is 0.0134. The SMILES string of the molecule is O=C(NS(=O)(=O)c1ccc([N+](=O)[O-])cc1)c1cscn1. The van der Waals surface area contributed by atoms with Crippen molar-refractivity contribution in [2.45, 2.75) is 4.90 Å². The highest BCUT2D eigenvalue weighted by Crippen LogP contribution is 2.16. The second kappa shape index (κ2) is 5.35. The molecule has 0 fully saturated rings. The van der Waals surface area contributed by atoms with E-state index in [0.29, 0.717) is 0 Å². The van der Waals surface area contributed by atoms with E-state index < -0.39 is 20.9 Å². The molecule has 0 bridgehead atoms. The molecule has 0 aliphatic heterocycles. The van der Waals surface area contributed by atoms with Gasteiger partial charge >= 0.3 is 0 Å². The van der Waals surface area contributed by atoms with E-state index in [9.17, 15) is 23.3 Å². The van der Waals surface area contributed by atoms with Crippen molar-refractivity contribution in [3.8, 4) is 0 Å². The lowest BCUT2D eigenvalue weighted by atomic mass is 10.3. The summed E-state index contributed by atoms with van der Waals surface area (Å²) in [5.41, 5.74) is 1.14. The first-order valence-corrected chi connectivity index (χ1v) is 7.52. The van der Waals surface area contributed by atoms with Gasteiger partial charge in [-0.3, -0.25) is 14.9 Å². The Morgan fingerprint density at radius 3 is 2.45 bits per heavy atom. The molecule has 1 heterocycles. The van der Waals surface area contributed by atoms with Crippen molar-refractivity contribution in [3.05, 3.63) is 51.0 Å². The number of benzene rings is 1. The fraction of sp³-hybridized carbons (Fsp3) is 0. The van der Waals surface area contributed by atoms with Crippen LogP contribution >= 0.6 is 11.3 Å². The molecular weight excluding hydrogens is 306 g/mol. The van der Waals surface area contributed by atoms with E-state index in [0.717, 1.165) is 35.6 Å². The molecule has 0 atom stereocenters. The molecule has 1 N–H and O–H groups in total. The largest absolute Gasteiger partial charge is 0.284 e. The van der Waals surface area contributed by atoms with Crippen LogP contribution in [0.1, 0.15) is 10.5 Å². The van der Waals surface area contributed by atoms with Gasteiger partial charge in [-0.25, -0.2) is 18.1 Å². The fourth-order valence-electron chi connectivity index (χ4n) is 1.30. The molecule has 1 aromatic heterocycles. The Balaban J connectivity index is 2.22. The van der Waals surface area contributed by atoms with Gasteiger partial charge in [0.2, 0.25) is 0 Å². The van der Waals surface area contributed by atoms with E-state index >= 15 is 0 Å². The second-order valence-corrected chi connectivity index (χ2v) is 5.96. The maximum absolute atomic E-state index is 11.9. The van der Waals surface area contributed by atoms with Crippen LogP contribution in [0.4, 0.5) is 5.69 Å². The zero-order valence-electron chi connectivity index (χ0n) is 9.72. The minimum Gasteiger partial charge on any atom is -0.266 e. The molecule has 0 unspecified atom stereocenters. The molecule has 10 heteroatoms. The highest BCUT2D eigenvalue weighted by atomic mass is 32.2. The number of hydrogen-bond acceptors (Lipinski definition) is 7. The number of rotatable bonds is 4. The number of nitrogens with zero attached hydrogens (tertiary/aromatic N) is 2. The molecule has 2 aromatic rings. The van der Waals surface area contributed by atoms with Crippen LogP contribution < -0.4 is 4.72 Å². The number of hydrogen-bond donors (Lipinski definition) is 1. The average Bonchev–Trinajstić information content (AvgIpc) is 2.92. The van der Waals surface area contributed by atoms with Gasteiger partial charge in [-0.2, -0.15) is 0 Å². The Morgan fingerprint density at radius 1 is 1.30 bits per heavy atom. The average molecular weight is 313 g/mol. The third kappa shape index (κ3) is 2.97. The van der Waals surface area contributed by atoms with Crippen molar-refractivity contribution in [2.75, 3.05) is 0 Å². The lowest BCUT2D eigenvalue weighted by molar-refractivity contribution is -0.384. The van der Waals surface area contributed by atoms with Crippen LogP contribution in [0.2, 0.25) is 0 Å². The van der Waals surface area contributed by atoms with E-state index in [1.807, 2.05) is 4.72 Å². The molecular formula is C10H7N3O5S2. The summed E-state index contributed by atoms with van der Waals surface area (Å²) in [6.45, 7) is 0. The van der Waals surface area contributed by atoms with Crippen LogP contribution in [0, 0.1) is 10.1 Å². The first kappa shape index (κ1) is 14.1. The van der Waals surface area contributed by atoms with Gasteiger partial charge in [-0.05, 0) is 12.1 Å². The quantitative estimate of drug-likeness (QED) is 0.668. The number of non-ortho nitro benzene ring substituents is 1. The van der Waals surface area contributed by atoms with Crippen LogP contribution in [0.15, 0.2) is 40.1 Å². The topological polar surface area (TPSA) is 119 Å². The molecule has 0 saturated heterocycles. The van der Waals surface area contributed by atoms with Crippen LogP contribution in [0.5, 0.6) is 0 Å². The van der Waals surface area contributed by atoms with Gasteiger partial charge in [-0.15, -0.1) is 11.3 Å². The van der Waals surface area contributed by atoms with E-state index in [4.69, 9.17) is 0 Å². The Hall–Kier alpha value is -2.33. The Labute approximate surface area is 117 Å². The van der Waals surface area contributed by atoms with Crippen LogP contribution in [-0.2, 0) is 10.0 Å². The van der Waals surface area contributed by atoms with Gasteiger partial charge in [0.1, 0.15) is 5.69 Å². The van der Waals surface area contributed by atoms with E-state index in [2.05, 4.69) is 4.98 Å². The number of amides is 1. The predicted octanol–water partition coefficient (Wildman–Crippen LogP) is 1.17. The van der Waals surface area contributed by atoms with Crippen molar-refractivity contribution in [1.29, 1.82) is 0 Å². The van der Waals surface area contributed by atoms with Crippen molar-refractivity contribution < 1.29 is 18.1 Å². The molecule has 0 aliphatic rings. The van der Waals surface area contributed by atoms with Crippen LogP contribution in [0.25, 0.3) is 0 Å². The Kier molecular flexibility index (Phi) is 3.77. The summed E-state index contributed by atoms with van der Waals surface area (Å²) in [6, 6.07) is 4.19. The van der Waals surface area contributed by atoms with Crippen molar-refractivity contribution in [1.82, 2.24) is 9.71 Å². The number of sulfonamides is 1. The normalized spacial score (nSPS) is 11.0. The summed E-state index contributed by atoms with van der Waals surface area (Å²) >= 11 is 1.15. The first-order valence-electron chi connectivity index (χ1n) is 5.10. The lowest BCUT2D eigenvalue weighted by Gasteiger charge is -2.05. The van der Waals surface area contributed by atoms with Crippen molar-refractivity contribution >= 4 is 33.0 Å². The molecule has 1 aromatic carbocycles. The van der Waals surface area contributed by atoms with Gasteiger partial charge in [-0.1, -0.05) is 0 Å².